The van der Waals surface area contributed by atoms with E-state index in [2.05, 4.69) is 0 Å². The van der Waals surface area contributed by atoms with Crippen LogP contribution in [0.25, 0.3) is 0 Å². The fourth-order valence-corrected chi connectivity index (χ4v) is 1.28. The Morgan fingerprint density at radius 1 is 1.53 bits per heavy atom. The Bertz CT molecular complexity index is 400. The van der Waals surface area contributed by atoms with Crippen LogP contribution in [0, 0.1) is 17.0 Å². The molecule has 1 aromatic rings. The number of non-ortho nitro benzene ring substituents is 1. The molecule has 0 fully saturated rings. The summed E-state index contributed by atoms with van der Waals surface area (Å²) >= 11 is 0. The molecule has 0 aliphatic heterocycles. The topological polar surface area (TPSA) is 80.4 Å². The molecule has 0 amide bonds. The highest BCUT2D eigenvalue weighted by molar-refractivity contribution is 5.67. The molecule has 1 N–H and O–H groups in total. The Labute approximate surface area is 86.5 Å². The minimum Gasteiger partial charge on any atom is -0.481 e. The molecule has 0 saturated carbocycles. The second kappa shape index (κ2) is 4.54. The minimum absolute atomic E-state index is 0.000916. The number of aliphatic carboxylic acids is 1. The molecule has 0 aromatic heterocycles. The third-order valence-electron chi connectivity index (χ3n) is 2.15. The Hall–Kier alpha value is -1.91. The standard InChI is InChI=1S/C10H11NO4/c1-7-2-4-9(11(14)15)6-8(7)3-5-10(12)13/h2,4,6H,3,5H2,1H3,(H,12,13). The third kappa shape index (κ3) is 3.05. The van der Waals surface area contributed by atoms with Crippen LogP contribution in [0.3, 0.4) is 0 Å². The van der Waals surface area contributed by atoms with E-state index in [9.17, 15) is 14.9 Å². The molecule has 0 aliphatic rings. The zero-order chi connectivity index (χ0) is 11.4. The van der Waals surface area contributed by atoms with Crippen LogP contribution in [-0.4, -0.2) is 16.0 Å². The molecule has 0 heterocycles. The van der Waals surface area contributed by atoms with Crippen LogP contribution in [0.15, 0.2) is 18.2 Å². The van der Waals surface area contributed by atoms with E-state index in [0.29, 0.717) is 12.0 Å². The fraction of sp³-hybridized carbons (Fsp3) is 0.300. The van der Waals surface area contributed by atoms with E-state index in [-0.39, 0.29) is 12.1 Å². The molecule has 0 spiro atoms. The lowest BCUT2D eigenvalue weighted by molar-refractivity contribution is -0.384. The number of rotatable bonds is 4. The summed E-state index contributed by atoms with van der Waals surface area (Å²) in [5.41, 5.74) is 1.59. The predicted molar refractivity (Wildman–Crippen MR) is 53.8 cm³/mol. The van der Waals surface area contributed by atoms with Gasteiger partial charge in [0.2, 0.25) is 0 Å². The van der Waals surface area contributed by atoms with Crippen molar-refractivity contribution < 1.29 is 14.8 Å². The van der Waals surface area contributed by atoms with Crippen LogP contribution in [0.5, 0.6) is 0 Å². The molecular weight excluding hydrogens is 198 g/mol. The van der Waals surface area contributed by atoms with Crippen molar-refractivity contribution in [3.8, 4) is 0 Å². The van der Waals surface area contributed by atoms with Gasteiger partial charge in [0.15, 0.2) is 0 Å². The van der Waals surface area contributed by atoms with Crippen LogP contribution in [-0.2, 0) is 11.2 Å². The van der Waals surface area contributed by atoms with Gasteiger partial charge in [-0.25, -0.2) is 0 Å². The summed E-state index contributed by atoms with van der Waals surface area (Å²) in [7, 11) is 0. The van der Waals surface area contributed by atoms with Crippen molar-refractivity contribution in [1.29, 1.82) is 0 Å². The zero-order valence-electron chi connectivity index (χ0n) is 8.27. The van der Waals surface area contributed by atoms with Crippen LogP contribution in [0.4, 0.5) is 5.69 Å². The van der Waals surface area contributed by atoms with Gasteiger partial charge in [0.25, 0.3) is 5.69 Å². The first-order chi connectivity index (χ1) is 7.00. The molecular formula is C10H11NO4. The molecule has 15 heavy (non-hydrogen) atoms. The van der Waals surface area contributed by atoms with E-state index < -0.39 is 10.9 Å². The van der Waals surface area contributed by atoms with Crippen LogP contribution in [0.2, 0.25) is 0 Å². The number of nitro benzene ring substituents is 1. The van der Waals surface area contributed by atoms with Crippen molar-refractivity contribution in [2.45, 2.75) is 19.8 Å². The summed E-state index contributed by atoms with van der Waals surface area (Å²) in [5, 5.41) is 19.0. The van der Waals surface area contributed by atoms with E-state index >= 15 is 0 Å². The maximum atomic E-state index is 10.5. The quantitative estimate of drug-likeness (QED) is 0.606. The Kier molecular flexibility index (Phi) is 3.38. The SMILES string of the molecule is Cc1ccc([N+](=O)[O-])cc1CCC(=O)O. The Morgan fingerprint density at radius 3 is 2.73 bits per heavy atom. The first kappa shape index (κ1) is 11.2. The second-order valence-corrected chi connectivity index (χ2v) is 3.26. The summed E-state index contributed by atoms with van der Waals surface area (Å²) in [6, 6.07) is 4.48. The Balaban J connectivity index is 2.90. The van der Waals surface area contributed by atoms with E-state index in [1.54, 1.807) is 13.0 Å². The summed E-state index contributed by atoms with van der Waals surface area (Å²) in [5.74, 6) is -0.902. The first-order valence-electron chi connectivity index (χ1n) is 4.46. The summed E-state index contributed by atoms with van der Waals surface area (Å²) in [6.45, 7) is 1.81. The molecule has 1 rings (SSSR count). The highest BCUT2D eigenvalue weighted by atomic mass is 16.6. The number of nitro groups is 1. The van der Waals surface area contributed by atoms with Crippen LogP contribution in [0.1, 0.15) is 17.5 Å². The predicted octanol–water partition coefficient (Wildman–Crippen LogP) is 1.92. The lowest BCUT2D eigenvalue weighted by atomic mass is 10.0. The number of hydrogen-bond acceptors (Lipinski definition) is 3. The van der Waals surface area contributed by atoms with Gasteiger partial charge in [-0.15, -0.1) is 0 Å². The number of carboxylic acid groups (broad SMARTS) is 1. The third-order valence-corrected chi connectivity index (χ3v) is 2.15. The Morgan fingerprint density at radius 2 is 2.20 bits per heavy atom. The summed E-state index contributed by atoms with van der Waals surface area (Å²) < 4.78 is 0. The van der Waals surface area contributed by atoms with Crippen molar-refractivity contribution in [2.75, 3.05) is 0 Å². The van der Waals surface area contributed by atoms with E-state index in [0.717, 1.165) is 5.56 Å². The molecule has 5 heteroatoms. The first-order valence-corrected chi connectivity index (χ1v) is 4.46. The lowest BCUT2D eigenvalue weighted by Gasteiger charge is -2.03. The molecule has 0 unspecified atom stereocenters. The lowest BCUT2D eigenvalue weighted by Crippen LogP contribution is -2.00. The van der Waals surface area contributed by atoms with Crippen molar-refractivity contribution in [1.82, 2.24) is 0 Å². The van der Waals surface area contributed by atoms with E-state index in [4.69, 9.17) is 5.11 Å². The van der Waals surface area contributed by atoms with Gasteiger partial charge >= 0.3 is 5.97 Å². The largest absolute Gasteiger partial charge is 0.481 e. The molecule has 0 aliphatic carbocycles. The molecule has 0 bridgehead atoms. The van der Waals surface area contributed by atoms with Crippen molar-refractivity contribution in [3.05, 3.63) is 39.4 Å². The van der Waals surface area contributed by atoms with Gasteiger partial charge in [-0.3, -0.25) is 14.9 Å². The van der Waals surface area contributed by atoms with Crippen molar-refractivity contribution in [2.24, 2.45) is 0 Å². The summed E-state index contributed by atoms with van der Waals surface area (Å²) in [6.07, 6.45) is 0.310. The second-order valence-electron chi connectivity index (χ2n) is 3.26. The average molecular weight is 209 g/mol. The van der Waals surface area contributed by atoms with Gasteiger partial charge in [0.05, 0.1) is 4.92 Å². The fourth-order valence-electron chi connectivity index (χ4n) is 1.28. The van der Waals surface area contributed by atoms with Crippen LogP contribution < -0.4 is 0 Å². The van der Waals surface area contributed by atoms with Gasteiger partial charge in [0, 0.05) is 18.6 Å². The molecule has 0 atom stereocenters. The van der Waals surface area contributed by atoms with Gasteiger partial charge in [0.1, 0.15) is 0 Å². The highest BCUT2D eigenvalue weighted by Crippen LogP contribution is 2.18. The van der Waals surface area contributed by atoms with Gasteiger partial charge < -0.3 is 5.11 Å². The number of carbonyl (C=O) groups is 1. The van der Waals surface area contributed by atoms with Crippen molar-refractivity contribution in [3.63, 3.8) is 0 Å². The number of carboxylic acids is 1. The maximum Gasteiger partial charge on any atom is 0.303 e. The molecule has 0 radical (unpaired) electrons. The monoisotopic (exact) mass is 209 g/mol. The molecule has 0 saturated heterocycles. The number of benzene rings is 1. The normalized spacial score (nSPS) is 9.93. The molecule has 80 valence electrons. The highest BCUT2D eigenvalue weighted by Gasteiger charge is 2.09. The number of aryl methyl sites for hydroxylation is 2. The molecule has 1 aromatic carbocycles. The van der Waals surface area contributed by atoms with E-state index in [1.165, 1.54) is 12.1 Å². The maximum absolute atomic E-state index is 10.5. The molecule has 5 nitrogen and oxygen atoms in total. The van der Waals surface area contributed by atoms with Gasteiger partial charge in [-0.1, -0.05) is 6.07 Å². The van der Waals surface area contributed by atoms with Gasteiger partial charge in [-0.05, 0) is 24.5 Å². The van der Waals surface area contributed by atoms with Gasteiger partial charge in [-0.2, -0.15) is 0 Å². The minimum atomic E-state index is -0.902. The number of nitrogens with zero attached hydrogens (tertiary/aromatic N) is 1. The number of hydrogen-bond donors (Lipinski definition) is 1. The summed E-state index contributed by atoms with van der Waals surface area (Å²) in [4.78, 5) is 20.4. The average Bonchev–Trinajstić information content (AvgIpc) is 2.16. The zero-order valence-corrected chi connectivity index (χ0v) is 8.27. The van der Waals surface area contributed by atoms with Crippen LogP contribution >= 0.6 is 0 Å². The smallest absolute Gasteiger partial charge is 0.303 e. The van der Waals surface area contributed by atoms with Crippen molar-refractivity contribution >= 4 is 11.7 Å². The van der Waals surface area contributed by atoms with E-state index in [1.807, 2.05) is 0 Å².